The number of amides is 3. The van der Waals surface area contributed by atoms with Gasteiger partial charge in [-0.15, -0.1) is 0 Å². The van der Waals surface area contributed by atoms with Crippen molar-refractivity contribution in [2.75, 3.05) is 17.2 Å². The zero-order valence-electron chi connectivity index (χ0n) is 12.3. The third-order valence-electron chi connectivity index (χ3n) is 2.85. The smallest absolute Gasteiger partial charge is 0.319 e. The fourth-order valence-electron chi connectivity index (χ4n) is 1.77. The van der Waals surface area contributed by atoms with Gasteiger partial charge in [-0.3, -0.25) is 14.9 Å². The van der Waals surface area contributed by atoms with E-state index in [4.69, 9.17) is 0 Å². The minimum atomic E-state index is -0.638. The number of nitrogens with zero attached hydrogens (tertiary/aromatic N) is 1. The van der Waals surface area contributed by atoms with Crippen LogP contribution in [-0.4, -0.2) is 23.4 Å². The van der Waals surface area contributed by atoms with Gasteiger partial charge < -0.3 is 16.0 Å². The van der Waals surface area contributed by atoms with Crippen LogP contribution in [0.15, 0.2) is 53.0 Å². The Kier molecular flexibility index (Phi) is 5.85. The number of hydrogen-bond acceptors (Lipinski definition) is 4. The van der Waals surface area contributed by atoms with Crippen LogP contribution < -0.4 is 16.0 Å². The van der Waals surface area contributed by atoms with Crippen molar-refractivity contribution in [3.63, 3.8) is 0 Å². The number of nitrogens with one attached hydrogen (secondary N) is 3. The summed E-state index contributed by atoms with van der Waals surface area (Å²) >= 11 is 3.29. The van der Waals surface area contributed by atoms with E-state index in [0.717, 1.165) is 4.47 Å². The van der Waals surface area contributed by atoms with E-state index in [9.17, 15) is 19.7 Å². The summed E-state index contributed by atoms with van der Waals surface area (Å²) in [6, 6.07) is 11.8. The molecule has 0 radical (unpaired) electrons. The van der Waals surface area contributed by atoms with E-state index in [0.29, 0.717) is 5.69 Å². The maximum absolute atomic E-state index is 11.7. The Morgan fingerprint density at radius 2 is 1.75 bits per heavy atom. The Balaban J connectivity index is 1.82. The number of non-ortho nitro benzene ring substituents is 1. The highest BCUT2D eigenvalue weighted by atomic mass is 79.9. The van der Waals surface area contributed by atoms with E-state index in [1.807, 2.05) is 0 Å². The summed E-state index contributed by atoms with van der Waals surface area (Å²) in [5.41, 5.74) is 0.722. The van der Waals surface area contributed by atoms with Gasteiger partial charge in [-0.2, -0.15) is 0 Å². The highest BCUT2D eigenvalue weighted by Crippen LogP contribution is 2.17. The molecule has 0 saturated heterocycles. The second kappa shape index (κ2) is 8.06. The van der Waals surface area contributed by atoms with Gasteiger partial charge in [0.15, 0.2) is 0 Å². The lowest BCUT2D eigenvalue weighted by Gasteiger charge is -2.08. The molecule has 0 spiro atoms. The molecule has 3 amide bonds. The molecule has 0 aliphatic heterocycles. The van der Waals surface area contributed by atoms with Gasteiger partial charge in [-0.1, -0.05) is 22.0 Å². The summed E-state index contributed by atoms with van der Waals surface area (Å²) in [6.45, 7) is -0.239. The minimum absolute atomic E-state index is 0.138. The van der Waals surface area contributed by atoms with Gasteiger partial charge >= 0.3 is 6.03 Å². The van der Waals surface area contributed by atoms with E-state index in [1.54, 1.807) is 24.3 Å². The van der Waals surface area contributed by atoms with Gasteiger partial charge in [-0.05, 0) is 30.3 Å². The molecule has 0 bridgehead atoms. The lowest BCUT2D eigenvalue weighted by Crippen LogP contribution is -2.35. The normalized spacial score (nSPS) is 9.88. The lowest BCUT2D eigenvalue weighted by molar-refractivity contribution is -0.384. The van der Waals surface area contributed by atoms with Gasteiger partial charge in [-0.25, -0.2) is 4.79 Å². The summed E-state index contributed by atoms with van der Waals surface area (Å²) in [7, 11) is 0. The van der Waals surface area contributed by atoms with Crippen molar-refractivity contribution in [1.29, 1.82) is 0 Å². The predicted octanol–water partition coefficient (Wildman–Crippen LogP) is 3.12. The minimum Gasteiger partial charge on any atom is -0.329 e. The second-order valence-electron chi connectivity index (χ2n) is 4.67. The van der Waals surface area contributed by atoms with E-state index < -0.39 is 16.9 Å². The first-order chi connectivity index (χ1) is 11.4. The van der Waals surface area contributed by atoms with Crippen molar-refractivity contribution in [3.05, 3.63) is 63.1 Å². The molecule has 0 aromatic heterocycles. The van der Waals surface area contributed by atoms with Gasteiger partial charge in [0.25, 0.3) is 5.69 Å². The van der Waals surface area contributed by atoms with Crippen molar-refractivity contribution in [3.8, 4) is 0 Å². The van der Waals surface area contributed by atoms with Crippen LogP contribution in [0.4, 0.5) is 21.9 Å². The molecule has 0 aliphatic carbocycles. The number of rotatable bonds is 5. The molecule has 2 aromatic carbocycles. The number of carbonyl (C=O) groups is 2. The number of benzene rings is 2. The number of nitro benzene ring substituents is 1. The molecule has 0 saturated carbocycles. The molecule has 2 rings (SSSR count). The monoisotopic (exact) mass is 392 g/mol. The van der Waals surface area contributed by atoms with Crippen molar-refractivity contribution in [2.45, 2.75) is 0 Å². The molecule has 0 unspecified atom stereocenters. The van der Waals surface area contributed by atoms with Crippen LogP contribution in [0, 0.1) is 10.1 Å². The van der Waals surface area contributed by atoms with Crippen molar-refractivity contribution in [1.82, 2.24) is 5.32 Å². The maximum Gasteiger partial charge on any atom is 0.319 e. The van der Waals surface area contributed by atoms with E-state index >= 15 is 0 Å². The highest BCUT2D eigenvalue weighted by molar-refractivity contribution is 9.10. The molecule has 0 fully saturated rings. The molecule has 24 heavy (non-hydrogen) atoms. The molecule has 0 atom stereocenters. The molecule has 0 heterocycles. The number of nitro groups is 1. The first-order valence-electron chi connectivity index (χ1n) is 6.79. The predicted molar refractivity (Wildman–Crippen MR) is 92.9 cm³/mol. The average molecular weight is 393 g/mol. The van der Waals surface area contributed by atoms with E-state index in [1.165, 1.54) is 24.3 Å². The maximum atomic E-state index is 11.7. The number of urea groups is 1. The summed E-state index contributed by atoms with van der Waals surface area (Å²) in [5, 5.41) is 18.1. The van der Waals surface area contributed by atoms with Crippen LogP contribution in [0.1, 0.15) is 0 Å². The molecule has 8 nitrogen and oxygen atoms in total. The van der Waals surface area contributed by atoms with Crippen molar-refractivity contribution >= 4 is 44.9 Å². The topological polar surface area (TPSA) is 113 Å². The molecular weight excluding hydrogens is 380 g/mol. The van der Waals surface area contributed by atoms with Gasteiger partial charge in [0.2, 0.25) is 5.91 Å². The van der Waals surface area contributed by atoms with Gasteiger partial charge in [0.05, 0.1) is 11.5 Å². The molecule has 2 aromatic rings. The third-order valence-corrected chi connectivity index (χ3v) is 3.38. The Hall–Kier alpha value is -2.94. The van der Waals surface area contributed by atoms with Crippen LogP contribution >= 0.6 is 15.9 Å². The van der Waals surface area contributed by atoms with Crippen LogP contribution in [0.5, 0.6) is 0 Å². The first-order valence-corrected chi connectivity index (χ1v) is 7.58. The van der Waals surface area contributed by atoms with Crippen LogP contribution in [0.3, 0.4) is 0 Å². The zero-order valence-corrected chi connectivity index (χ0v) is 13.9. The highest BCUT2D eigenvalue weighted by Gasteiger charge is 2.09. The molecule has 9 heteroatoms. The number of halogens is 1. The summed E-state index contributed by atoms with van der Waals surface area (Å²) in [4.78, 5) is 33.6. The van der Waals surface area contributed by atoms with Crippen LogP contribution in [0.2, 0.25) is 0 Å². The SMILES string of the molecule is O=C(CNC(=O)Nc1cccc([N+](=O)[O-])c1)Nc1ccc(Br)cc1. The number of anilines is 2. The fraction of sp³-hybridized carbons (Fsp3) is 0.0667. The third kappa shape index (κ3) is 5.36. The standard InChI is InChI=1S/C15H13BrN4O4/c16-10-4-6-11(7-5-10)18-14(21)9-17-15(22)19-12-2-1-3-13(8-12)20(23)24/h1-8H,9H2,(H,18,21)(H2,17,19,22). The Labute approximate surface area is 145 Å². The Morgan fingerprint density at radius 3 is 2.42 bits per heavy atom. The summed E-state index contributed by atoms with van der Waals surface area (Å²) in [6.07, 6.45) is 0. The average Bonchev–Trinajstić information content (AvgIpc) is 2.55. The van der Waals surface area contributed by atoms with Crippen molar-refractivity contribution < 1.29 is 14.5 Å². The Morgan fingerprint density at radius 1 is 1.04 bits per heavy atom. The first kappa shape index (κ1) is 17.4. The van der Waals surface area contributed by atoms with Crippen LogP contribution in [0.25, 0.3) is 0 Å². The van der Waals surface area contributed by atoms with Crippen molar-refractivity contribution in [2.24, 2.45) is 0 Å². The lowest BCUT2D eigenvalue weighted by atomic mass is 10.3. The van der Waals surface area contributed by atoms with Gasteiger partial charge in [0, 0.05) is 28.0 Å². The van der Waals surface area contributed by atoms with E-state index in [-0.39, 0.29) is 17.9 Å². The largest absolute Gasteiger partial charge is 0.329 e. The summed E-state index contributed by atoms with van der Waals surface area (Å²) in [5.74, 6) is -0.397. The van der Waals surface area contributed by atoms with Crippen LogP contribution in [-0.2, 0) is 4.79 Å². The summed E-state index contributed by atoms with van der Waals surface area (Å²) < 4.78 is 0.884. The van der Waals surface area contributed by atoms with E-state index in [2.05, 4.69) is 31.9 Å². The quantitative estimate of drug-likeness (QED) is 0.535. The number of carbonyl (C=O) groups excluding carboxylic acids is 2. The molecule has 124 valence electrons. The molecule has 3 N–H and O–H groups in total. The zero-order chi connectivity index (χ0) is 17.5. The molecule has 0 aliphatic rings. The molecular formula is C15H13BrN4O4. The Bertz CT molecular complexity index is 764. The second-order valence-corrected chi connectivity index (χ2v) is 5.59. The number of hydrogen-bond donors (Lipinski definition) is 3. The fourth-order valence-corrected chi connectivity index (χ4v) is 2.04. The van der Waals surface area contributed by atoms with Gasteiger partial charge in [0.1, 0.15) is 0 Å².